The zero-order chi connectivity index (χ0) is 20.7. The molecule has 2 atom stereocenters. The van der Waals surface area contributed by atoms with Crippen LogP contribution in [0.2, 0.25) is 0 Å². The van der Waals surface area contributed by atoms with Crippen LogP contribution >= 0.6 is 0 Å². The molecule has 28 heavy (non-hydrogen) atoms. The number of nitrogens with zero attached hydrogens (tertiary/aromatic N) is 2. The van der Waals surface area contributed by atoms with E-state index in [4.69, 9.17) is 14.6 Å². The van der Waals surface area contributed by atoms with E-state index in [9.17, 15) is 9.59 Å². The molecule has 1 aromatic rings. The molecule has 1 aliphatic rings. The van der Waals surface area contributed by atoms with Gasteiger partial charge in [0.1, 0.15) is 5.75 Å². The second kappa shape index (κ2) is 10.3. The van der Waals surface area contributed by atoms with E-state index in [1.165, 1.54) is 0 Å². The lowest BCUT2D eigenvalue weighted by atomic mass is 10.1. The molecule has 1 heterocycles. The van der Waals surface area contributed by atoms with Crippen molar-refractivity contribution in [3.63, 3.8) is 0 Å². The third-order valence-corrected chi connectivity index (χ3v) is 4.42. The molecule has 1 aromatic carbocycles. The minimum Gasteiger partial charge on any atom is -0.491 e. The highest BCUT2D eigenvalue weighted by Crippen LogP contribution is 2.20. The number of carboxylic acid groups (broad SMARTS) is 1. The van der Waals surface area contributed by atoms with Gasteiger partial charge >= 0.3 is 12.0 Å². The zero-order valence-corrected chi connectivity index (χ0v) is 17.1. The predicted molar refractivity (Wildman–Crippen MR) is 106 cm³/mol. The topological polar surface area (TPSA) is 91.3 Å². The van der Waals surface area contributed by atoms with E-state index in [0.717, 1.165) is 11.3 Å². The zero-order valence-electron chi connectivity index (χ0n) is 17.1. The predicted octanol–water partition coefficient (Wildman–Crippen LogP) is 1.96. The molecule has 1 aliphatic heterocycles. The number of amides is 2. The van der Waals surface area contributed by atoms with Crippen molar-refractivity contribution in [1.29, 1.82) is 0 Å². The molecule has 2 N–H and O–H groups in total. The fourth-order valence-electron chi connectivity index (χ4n) is 3.15. The van der Waals surface area contributed by atoms with Crippen LogP contribution in [0.5, 0.6) is 5.75 Å². The van der Waals surface area contributed by atoms with Gasteiger partial charge in [-0.15, -0.1) is 0 Å². The Bertz CT molecular complexity index is 667. The number of hydrogen-bond donors (Lipinski definition) is 2. The number of hydrogen-bond acceptors (Lipinski definition) is 5. The van der Waals surface area contributed by atoms with Gasteiger partial charge < -0.3 is 24.8 Å². The standard InChI is InChI=1S/C20H31N3O5/c1-14(2)28-17-7-5-6-16(10-17)15(3)21-20(26)23-8-9-27-18(12-23)11-22(4)13-19(24)25/h5-7,10,14-15,18H,8-9,11-13H2,1-4H3,(H,21,26)(H,24,25). The van der Waals surface area contributed by atoms with Crippen molar-refractivity contribution in [3.05, 3.63) is 29.8 Å². The SMILES string of the molecule is CC(C)Oc1cccc(C(C)NC(=O)N2CCOC(CN(C)CC(=O)O)C2)c1. The van der Waals surface area contributed by atoms with Crippen LogP contribution in [0.3, 0.4) is 0 Å². The van der Waals surface area contributed by atoms with Gasteiger partial charge in [-0.05, 0) is 45.5 Å². The second-order valence-electron chi connectivity index (χ2n) is 7.44. The number of urea groups is 1. The molecule has 0 aromatic heterocycles. The van der Waals surface area contributed by atoms with Crippen LogP contribution in [0.25, 0.3) is 0 Å². The molecule has 2 unspecified atom stereocenters. The van der Waals surface area contributed by atoms with Gasteiger partial charge in [-0.25, -0.2) is 4.79 Å². The lowest BCUT2D eigenvalue weighted by Gasteiger charge is -2.35. The number of carboxylic acids is 1. The van der Waals surface area contributed by atoms with Gasteiger partial charge in [0.25, 0.3) is 0 Å². The van der Waals surface area contributed by atoms with E-state index in [2.05, 4.69) is 5.32 Å². The van der Waals surface area contributed by atoms with Crippen LogP contribution in [0, 0.1) is 0 Å². The summed E-state index contributed by atoms with van der Waals surface area (Å²) in [5, 5.41) is 11.9. The van der Waals surface area contributed by atoms with E-state index < -0.39 is 5.97 Å². The maximum atomic E-state index is 12.7. The molecule has 2 amide bonds. The van der Waals surface area contributed by atoms with Gasteiger partial charge in [0.05, 0.1) is 31.4 Å². The highest BCUT2D eigenvalue weighted by Gasteiger charge is 2.26. The maximum absolute atomic E-state index is 12.7. The lowest BCUT2D eigenvalue weighted by Crippen LogP contribution is -2.52. The average Bonchev–Trinajstić information content (AvgIpc) is 2.60. The Kier molecular flexibility index (Phi) is 8.07. The Morgan fingerprint density at radius 1 is 1.39 bits per heavy atom. The van der Waals surface area contributed by atoms with Gasteiger partial charge in [-0.2, -0.15) is 0 Å². The van der Waals surface area contributed by atoms with Gasteiger partial charge in [0.2, 0.25) is 0 Å². The first kappa shape index (κ1) is 22.0. The summed E-state index contributed by atoms with van der Waals surface area (Å²) in [5.41, 5.74) is 0.970. The molecular weight excluding hydrogens is 362 g/mol. The van der Waals surface area contributed by atoms with Crippen LogP contribution in [0.1, 0.15) is 32.4 Å². The molecular formula is C20H31N3O5. The van der Waals surface area contributed by atoms with Crippen molar-refractivity contribution in [1.82, 2.24) is 15.1 Å². The van der Waals surface area contributed by atoms with Crippen molar-refractivity contribution in [2.75, 3.05) is 39.8 Å². The largest absolute Gasteiger partial charge is 0.491 e. The number of ether oxygens (including phenoxy) is 2. The summed E-state index contributed by atoms with van der Waals surface area (Å²) in [7, 11) is 1.73. The van der Waals surface area contributed by atoms with Crippen LogP contribution < -0.4 is 10.1 Å². The van der Waals surface area contributed by atoms with Crippen LogP contribution in [-0.4, -0.2) is 78.9 Å². The van der Waals surface area contributed by atoms with Crippen molar-refractivity contribution >= 4 is 12.0 Å². The van der Waals surface area contributed by atoms with Crippen molar-refractivity contribution in [3.8, 4) is 5.75 Å². The Balaban J connectivity index is 1.90. The Labute approximate surface area is 166 Å². The quantitative estimate of drug-likeness (QED) is 0.702. The molecule has 0 bridgehead atoms. The third kappa shape index (κ3) is 7.01. The van der Waals surface area contributed by atoms with Gasteiger partial charge in [-0.3, -0.25) is 9.69 Å². The molecule has 0 radical (unpaired) electrons. The number of likely N-dealkylation sites (N-methyl/N-ethyl adjacent to an activating group) is 1. The average molecular weight is 393 g/mol. The van der Waals surface area contributed by atoms with Gasteiger partial charge in [0.15, 0.2) is 0 Å². The number of nitrogens with one attached hydrogen (secondary N) is 1. The number of carbonyl (C=O) groups excluding carboxylic acids is 1. The number of carbonyl (C=O) groups is 2. The van der Waals surface area contributed by atoms with E-state index in [0.29, 0.717) is 26.2 Å². The van der Waals surface area contributed by atoms with Crippen LogP contribution in [0.4, 0.5) is 4.79 Å². The second-order valence-corrected chi connectivity index (χ2v) is 7.44. The molecule has 0 spiro atoms. The summed E-state index contributed by atoms with van der Waals surface area (Å²) >= 11 is 0. The molecule has 8 heteroatoms. The van der Waals surface area contributed by atoms with Crippen molar-refractivity contribution < 1.29 is 24.2 Å². The Hall–Kier alpha value is -2.32. The maximum Gasteiger partial charge on any atom is 0.318 e. The fraction of sp³-hybridized carbons (Fsp3) is 0.600. The van der Waals surface area contributed by atoms with Crippen molar-refractivity contribution in [2.45, 2.75) is 39.0 Å². The van der Waals surface area contributed by atoms with E-state index in [1.54, 1.807) is 16.8 Å². The lowest BCUT2D eigenvalue weighted by molar-refractivity contribution is -0.138. The Morgan fingerprint density at radius 2 is 2.14 bits per heavy atom. The van der Waals surface area contributed by atoms with E-state index >= 15 is 0 Å². The summed E-state index contributed by atoms with van der Waals surface area (Å²) in [5.74, 6) is -0.105. The third-order valence-electron chi connectivity index (χ3n) is 4.42. The summed E-state index contributed by atoms with van der Waals surface area (Å²) in [6.45, 7) is 7.66. The van der Waals surface area contributed by atoms with Crippen LogP contribution in [0.15, 0.2) is 24.3 Å². The molecule has 1 fully saturated rings. The number of morpholine rings is 1. The highest BCUT2D eigenvalue weighted by atomic mass is 16.5. The Morgan fingerprint density at radius 3 is 2.82 bits per heavy atom. The monoisotopic (exact) mass is 393 g/mol. The minimum atomic E-state index is -0.884. The fourth-order valence-corrected chi connectivity index (χ4v) is 3.15. The van der Waals surface area contributed by atoms with Crippen molar-refractivity contribution in [2.24, 2.45) is 0 Å². The first-order chi connectivity index (χ1) is 13.2. The number of aliphatic carboxylic acids is 1. The smallest absolute Gasteiger partial charge is 0.318 e. The number of rotatable bonds is 8. The van der Waals surface area contributed by atoms with Gasteiger partial charge in [-0.1, -0.05) is 12.1 Å². The first-order valence-corrected chi connectivity index (χ1v) is 9.58. The number of benzene rings is 1. The molecule has 1 saturated heterocycles. The van der Waals surface area contributed by atoms with Crippen LogP contribution in [-0.2, 0) is 9.53 Å². The minimum absolute atomic E-state index is 0.0577. The molecule has 8 nitrogen and oxygen atoms in total. The summed E-state index contributed by atoms with van der Waals surface area (Å²) in [4.78, 5) is 26.9. The van der Waals surface area contributed by atoms with E-state index in [1.807, 2.05) is 45.0 Å². The molecule has 0 aliphatic carbocycles. The summed E-state index contributed by atoms with van der Waals surface area (Å²) in [6.07, 6.45) is -0.119. The molecule has 0 saturated carbocycles. The van der Waals surface area contributed by atoms with Gasteiger partial charge in [0, 0.05) is 19.6 Å². The molecule has 2 rings (SSSR count). The summed E-state index contributed by atoms with van der Waals surface area (Å²) in [6, 6.07) is 7.39. The van der Waals surface area contributed by atoms with E-state index in [-0.39, 0.29) is 30.8 Å². The summed E-state index contributed by atoms with van der Waals surface area (Å²) < 4.78 is 11.4. The molecule has 156 valence electrons. The first-order valence-electron chi connectivity index (χ1n) is 9.58. The highest BCUT2D eigenvalue weighted by molar-refractivity contribution is 5.75. The normalized spacial score (nSPS) is 18.2.